The normalized spacial score (nSPS) is 9.93. The minimum atomic E-state index is 0.702. The Morgan fingerprint density at radius 1 is 1.27 bits per heavy atom. The van der Waals surface area contributed by atoms with Gasteiger partial charge >= 0.3 is 0 Å². The van der Waals surface area contributed by atoms with Crippen LogP contribution in [0, 0.1) is 18.3 Å². The van der Waals surface area contributed by atoms with Gasteiger partial charge in [0.25, 0.3) is 0 Å². The third kappa shape index (κ3) is 1.95. The van der Waals surface area contributed by atoms with Gasteiger partial charge in [-0.15, -0.1) is 0 Å². The van der Waals surface area contributed by atoms with Gasteiger partial charge in [-0.1, -0.05) is 28.1 Å². The topological polar surface area (TPSA) is 39.6 Å². The van der Waals surface area contributed by atoms with Crippen LogP contribution in [-0.2, 0) is 0 Å². The molecule has 0 spiro atoms. The number of nitrogens with zero attached hydrogens (tertiary/aromatic N) is 1. The van der Waals surface area contributed by atoms with Crippen LogP contribution in [0.3, 0.4) is 0 Å². The number of H-pyrrole nitrogens is 1. The van der Waals surface area contributed by atoms with Crippen molar-refractivity contribution in [3.63, 3.8) is 0 Å². The van der Waals surface area contributed by atoms with E-state index in [2.05, 4.69) is 27.0 Å². The van der Waals surface area contributed by atoms with Crippen LogP contribution in [-0.4, -0.2) is 4.98 Å². The number of rotatable bonds is 1. The molecule has 1 aromatic heterocycles. The number of aromatic nitrogens is 1. The van der Waals surface area contributed by atoms with E-state index in [0.717, 1.165) is 21.4 Å². The summed E-state index contributed by atoms with van der Waals surface area (Å²) in [6.45, 7) is 1.90. The van der Waals surface area contributed by atoms with Crippen molar-refractivity contribution in [1.82, 2.24) is 4.98 Å². The fourth-order valence-electron chi connectivity index (χ4n) is 1.46. The first kappa shape index (κ1) is 10.0. The molecule has 0 fully saturated rings. The predicted octanol–water partition coefficient (Wildman–Crippen LogP) is 3.62. The highest BCUT2D eigenvalue weighted by atomic mass is 79.9. The van der Waals surface area contributed by atoms with Crippen LogP contribution in [0.25, 0.3) is 11.3 Å². The summed E-state index contributed by atoms with van der Waals surface area (Å²) in [4.78, 5) is 3.19. The van der Waals surface area contributed by atoms with Crippen molar-refractivity contribution in [1.29, 1.82) is 5.26 Å². The van der Waals surface area contributed by atoms with Gasteiger partial charge in [0.05, 0.1) is 5.56 Å². The maximum atomic E-state index is 8.85. The molecule has 0 amide bonds. The molecule has 0 aliphatic rings. The van der Waals surface area contributed by atoms with E-state index >= 15 is 0 Å². The monoisotopic (exact) mass is 260 g/mol. The average molecular weight is 261 g/mol. The van der Waals surface area contributed by atoms with Gasteiger partial charge in [0.1, 0.15) is 6.07 Å². The fraction of sp³-hybridized carbons (Fsp3) is 0.0833. The molecule has 74 valence electrons. The van der Waals surface area contributed by atoms with E-state index in [1.807, 2.05) is 37.3 Å². The van der Waals surface area contributed by atoms with Crippen LogP contribution in [0.4, 0.5) is 0 Å². The van der Waals surface area contributed by atoms with E-state index in [0.29, 0.717) is 5.56 Å². The van der Waals surface area contributed by atoms with Crippen LogP contribution in [0.2, 0.25) is 0 Å². The third-order valence-corrected chi connectivity index (χ3v) is 2.82. The molecule has 0 saturated carbocycles. The first-order valence-electron chi connectivity index (χ1n) is 4.56. The van der Waals surface area contributed by atoms with Gasteiger partial charge in [0.15, 0.2) is 0 Å². The first-order chi connectivity index (χ1) is 7.20. The fourth-order valence-corrected chi connectivity index (χ4v) is 1.72. The molecule has 3 heteroatoms. The predicted molar refractivity (Wildman–Crippen MR) is 63.4 cm³/mol. The number of aryl methyl sites for hydroxylation is 1. The molecule has 2 rings (SSSR count). The average Bonchev–Trinajstić information content (AvgIpc) is 2.61. The molecule has 15 heavy (non-hydrogen) atoms. The smallest absolute Gasteiger partial charge is 0.101 e. The summed E-state index contributed by atoms with van der Waals surface area (Å²) >= 11 is 3.39. The highest BCUT2D eigenvalue weighted by Crippen LogP contribution is 2.22. The third-order valence-electron chi connectivity index (χ3n) is 2.29. The van der Waals surface area contributed by atoms with Crippen molar-refractivity contribution in [2.24, 2.45) is 0 Å². The zero-order valence-corrected chi connectivity index (χ0v) is 9.80. The van der Waals surface area contributed by atoms with Crippen molar-refractivity contribution in [3.8, 4) is 17.3 Å². The van der Waals surface area contributed by atoms with Crippen molar-refractivity contribution in [2.45, 2.75) is 6.92 Å². The van der Waals surface area contributed by atoms with E-state index in [-0.39, 0.29) is 0 Å². The summed E-state index contributed by atoms with van der Waals surface area (Å²) < 4.78 is 1.05. The lowest BCUT2D eigenvalue weighted by molar-refractivity contribution is 1.25. The molecule has 0 aliphatic heterocycles. The molecule has 0 aliphatic carbocycles. The Kier molecular flexibility index (Phi) is 2.61. The summed E-state index contributed by atoms with van der Waals surface area (Å²) in [6, 6.07) is 12.0. The molecule has 2 aromatic rings. The molecule has 1 aromatic carbocycles. The quantitative estimate of drug-likeness (QED) is 0.836. The lowest BCUT2D eigenvalue weighted by atomic mass is 10.1. The van der Waals surface area contributed by atoms with Gasteiger partial charge in [-0.05, 0) is 30.7 Å². The number of hydrogen-bond donors (Lipinski definition) is 1. The van der Waals surface area contributed by atoms with Crippen LogP contribution >= 0.6 is 15.9 Å². The standard InChI is InChI=1S/C12H9BrN2/c1-8-10(7-14)6-12(15-8)9-2-4-11(13)5-3-9/h2-6,15H,1H3. The molecule has 0 saturated heterocycles. The zero-order valence-electron chi connectivity index (χ0n) is 8.21. The van der Waals surface area contributed by atoms with Gasteiger partial charge in [-0.25, -0.2) is 0 Å². The summed E-state index contributed by atoms with van der Waals surface area (Å²) in [5.74, 6) is 0. The molecule has 2 nitrogen and oxygen atoms in total. The zero-order chi connectivity index (χ0) is 10.8. The van der Waals surface area contributed by atoms with Crippen molar-refractivity contribution >= 4 is 15.9 Å². The van der Waals surface area contributed by atoms with Crippen LogP contribution in [0.1, 0.15) is 11.3 Å². The largest absolute Gasteiger partial charge is 0.358 e. The number of hydrogen-bond acceptors (Lipinski definition) is 1. The Morgan fingerprint density at radius 2 is 1.93 bits per heavy atom. The van der Waals surface area contributed by atoms with Gasteiger partial charge in [0, 0.05) is 15.9 Å². The Labute approximate surface area is 96.7 Å². The second-order valence-electron chi connectivity index (χ2n) is 3.34. The van der Waals surface area contributed by atoms with E-state index in [9.17, 15) is 0 Å². The van der Waals surface area contributed by atoms with E-state index in [4.69, 9.17) is 5.26 Å². The molecule has 0 unspecified atom stereocenters. The maximum Gasteiger partial charge on any atom is 0.101 e. The molecule has 0 radical (unpaired) electrons. The van der Waals surface area contributed by atoms with Gasteiger partial charge in [-0.2, -0.15) is 5.26 Å². The number of nitriles is 1. The Bertz CT molecular complexity index is 518. The summed E-state index contributed by atoms with van der Waals surface area (Å²) in [7, 11) is 0. The van der Waals surface area contributed by atoms with E-state index in [1.165, 1.54) is 0 Å². The summed E-state index contributed by atoms with van der Waals surface area (Å²) in [6.07, 6.45) is 0. The van der Waals surface area contributed by atoms with Gasteiger partial charge in [-0.3, -0.25) is 0 Å². The summed E-state index contributed by atoms with van der Waals surface area (Å²) in [5, 5.41) is 8.85. The van der Waals surface area contributed by atoms with Crippen LogP contribution in [0.5, 0.6) is 0 Å². The van der Waals surface area contributed by atoms with E-state index < -0.39 is 0 Å². The number of aromatic amines is 1. The summed E-state index contributed by atoms with van der Waals surface area (Å²) in [5.41, 5.74) is 3.68. The highest BCUT2D eigenvalue weighted by molar-refractivity contribution is 9.10. The van der Waals surface area contributed by atoms with Crippen molar-refractivity contribution < 1.29 is 0 Å². The van der Waals surface area contributed by atoms with Crippen molar-refractivity contribution in [3.05, 3.63) is 46.1 Å². The Hall–Kier alpha value is -1.53. The van der Waals surface area contributed by atoms with Crippen molar-refractivity contribution in [2.75, 3.05) is 0 Å². The highest BCUT2D eigenvalue weighted by Gasteiger charge is 2.05. The minimum Gasteiger partial charge on any atom is -0.358 e. The maximum absolute atomic E-state index is 8.85. The number of nitrogens with one attached hydrogen (secondary N) is 1. The van der Waals surface area contributed by atoms with E-state index in [1.54, 1.807) is 0 Å². The molecular weight excluding hydrogens is 252 g/mol. The molecule has 1 heterocycles. The number of benzene rings is 1. The number of halogens is 1. The Morgan fingerprint density at radius 3 is 2.47 bits per heavy atom. The lowest BCUT2D eigenvalue weighted by Crippen LogP contribution is -1.77. The van der Waals surface area contributed by atoms with Crippen LogP contribution in [0.15, 0.2) is 34.8 Å². The first-order valence-corrected chi connectivity index (χ1v) is 5.35. The van der Waals surface area contributed by atoms with Crippen LogP contribution < -0.4 is 0 Å². The minimum absolute atomic E-state index is 0.702. The van der Waals surface area contributed by atoms with Gasteiger partial charge < -0.3 is 4.98 Å². The molecular formula is C12H9BrN2. The second-order valence-corrected chi connectivity index (χ2v) is 4.26. The molecule has 1 N–H and O–H groups in total. The Balaban J connectivity index is 2.46. The molecule has 0 bridgehead atoms. The lowest BCUT2D eigenvalue weighted by Gasteiger charge is -1.97. The SMILES string of the molecule is Cc1[nH]c(-c2ccc(Br)cc2)cc1C#N. The molecule has 0 atom stereocenters. The van der Waals surface area contributed by atoms with Gasteiger partial charge in [0.2, 0.25) is 0 Å². The second kappa shape index (κ2) is 3.92.